The summed E-state index contributed by atoms with van der Waals surface area (Å²) >= 11 is 0. The molecule has 25 heavy (non-hydrogen) atoms. The van der Waals surface area contributed by atoms with Crippen LogP contribution in [0.3, 0.4) is 0 Å². The zero-order valence-electron chi connectivity index (χ0n) is 14.6. The number of fused-ring (bicyclic) bond motifs is 2. The van der Waals surface area contributed by atoms with E-state index in [9.17, 15) is 4.79 Å². The first-order valence-corrected chi connectivity index (χ1v) is 8.35. The number of nitrogens with zero attached hydrogens (tertiary/aromatic N) is 2. The van der Waals surface area contributed by atoms with Gasteiger partial charge in [0, 0.05) is 36.6 Å². The van der Waals surface area contributed by atoms with Crippen LogP contribution in [0, 0.1) is 6.92 Å². The average molecular weight is 336 g/mol. The van der Waals surface area contributed by atoms with E-state index < -0.39 is 0 Å². The maximum Gasteiger partial charge on any atom is 0.231 e. The second-order valence-electron chi connectivity index (χ2n) is 6.75. The summed E-state index contributed by atoms with van der Waals surface area (Å²) in [5.41, 5.74) is 4.59. The zero-order valence-corrected chi connectivity index (χ0v) is 14.6. The minimum Gasteiger partial charge on any atom is -0.477 e. The van der Waals surface area contributed by atoms with Crippen LogP contribution in [0.15, 0.2) is 41.9 Å². The van der Waals surface area contributed by atoms with Gasteiger partial charge in [0.05, 0.1) is 5.56 Å². The molecule has 5 nitrogen and oxygen atoms in total. The molecule has 2 aliphatic heterocycles. The molecule has 2 aliphatic rings. The van der Waals surface area contributed by atoms with Crippen molar-refractivity contribution in [3.05, 3.63) is 64.2 Å². The Bertz CT molecular complexity index is 884. The van der Waals surface area contributed by atoms with Gasteiger partial charge >= 0.3 is 0 Å². The van der Waals surface area contributed by atoms with Crippen molar-refractivity contribution in [2.45, 2.75) is 33.9 Å². The Morgan fingerprint density at radius 1 is 1.32 bits per heavy atom. The van der Waals surface area contributed by atoms with Crippen LogP contribution in [0.25, 0.3) is 0 Å². The molecule has 3 heterocycles. The standard InChI is InChI=1S/C20H20N2O3/c1-12(2)18-17(23)16-7-15-10-22(9-14-5-4-6-21-8-14)11-24-19(15)13(3)20(16)25-18/h4-8H,9-11H2,1-3H3. The third kappa shape index (κ3) is 2.70. The Morgan fingerprint density at radius 2 is 2.16 bits per heavy atom. The third-order valence-electron chi connectivity index (χ3n) is 4.56. The summed E-state index contributed by atoms with van der Waals surface area (Å²) in [5, 5.41) is 0. The van der Waals surface area contributed by atoms with Crippen molar-refractivity contribution in [3.63, 3.8) is 0 Å². The highest BCUT2D eigenvalue weighted by atomic mass is 16.5. The molecule has 2 aromatic rings. The summed E-state index contributed by atoms with van der Waals surface area (Å²) in [6.07, 6.45) is 3.63. The number of ether oxygens (including phenoxy) is 2. The van der Waals surface area contributed by atoms with Crippen molar-refractivity contribution in [2.24, 2.45) is 0 Å². The van der Waals surface area contributed by atoms with Gasteiger partial charge in [0.1, 0.15) is 18.2 Å². The SMILES string of the molecule is CC(C)=C1Oc2c(cc3c(c2C)OCN(Cc2cccnc2)C3)C1=O. The van der Waals surface area contributed by atoms with Crippen LogP contribution >= 0.6 is 0 Å². The molecule has 0 bridgehead atoms. The molecule has 1 aromatic carbocycles. The van der Waals surface area contributed by atoms with E-state index >= 15 is 0 Å². The van der Waals surface area contributed by atoms with Crippen molar-refractivity contribution in [1.29, 1.82) is 0 Å². The Balaban J connectivity index is 1.65. The van der Waals surface area contributed by atoms with Crippen LogP contribution in [-0.4, -0.2) is 22.4 Å². The monoisotopic (exact) mass is 336 g/mol. The molecular formula is C20H20N2O3. The first-order chi connectivity index (χ1) is 12.0. The van der Waals surface area contributed by atoms with Gasteiger partial charge < -0.3 is 9.47 Å². The molecule has 0 fully saturated rings. The summed E-state index contributed by atoms with van der Waals surface area (Å²) in [4.78, 5) is 18.9. The van der Waals surface area contributed by atoms with Crippen molar-refractivity contribution < 1.29 is 14.3 Å². The second-order valence-corrected chi connectivity index (χ2v) is 6.75. The summed E-state index contributed by atoms with van der Waals surface area (Å²) in [6, 6.07) is 5.91. The van der Waals surface area contributed by atoms with Gasteiger partial charge in [-0.2, -0.15) is 0 Å². The molecule has 0 atom stereocenters. The van der Waals surface area contributed by atoms with Gasteiger partial charge in [-0.25, -0.2) is 0 Å². The fourth-order valence-corrected chi connectivity index (χ4v) is 3.36. The summed E-state index contributed by atoms with van der Waals surface area (Å²) < 4.78 is 11.8. The Labute approximate surface area is 146 Å². The van der Waals surface area contributed by atoms with Crippen molar-refractivity contribution >= 4 is 5.78 Å². The normalized spacial score (nSPS) is 16.1. The third-order valence-corrected chi connectivity index (χ3v) is 4.56. The van der Waals surface area contributed by atoms with E-state index in [2.05, 4.69) is 16.0 Å². The molecule has 4 rings (SSSR count). The number of benzene rings is 1. The topological polar surface area (TPSA) is 51.7 Å². The molecule has 0 spiro atoms. The highest BCUT2D eigenvalue weighted by Crippen LogP contribution is 2.43. The lowest BCUT2D eigenvalue weighted by atomic mass is 9.99. The van der Waals surface area contributed by atoms with Crippen LogP contribution < -0.4 is 9.47 Å². The van der Waals surface area contributed by atoms with Crippen molar-refractivity contribution in [3.8, 4) is 11.5 Å². The molecule has 0 radical (unpaired) electrons. The van der Waals surface area contributed by atoms with Crippen LogP contribution in [0.5, 0.6) is 11.5 Å². The lowest BCUT2D eigenvalue weighted by Gasteiger charge is -2.30. The van der Waals surface area contributed by atoms with Gasteiger partial charge in [-0.05, 0) is 44.0 Å². The molecule has 128 valence electrons. The first kappa shape index (κ1) is 15.8. The zero-order chi connectivity index (χ0) is 17.6. The number of rotatable bonds is 2. The summed E-state index contributed by atoms with van der Waals surface area (Å²) in [5.74, 6) is 1.88. The maximum atomic E-state index is 12.6. The van der Waals surface area contributed by atoms with Crippen molar-refractivity contribution in [1.82, 2.24) is 9.88 Å². The molecule has 0 amide bonds. The average Bonchev–Trinajstić information content (AvgIpc) is 2.93. The first-order valence-electron chi connectivity index (χ1n) is 8.35. The number of hydrogen-bond acceptors (Lipinski definition) is 5. The van der Waals surface area contributed by atoms with E-state index in [0.29, 0.717) is 23.8 Å². The smallest absolute Gasteiger partial charge is 0.231 e. The summed E-state index contributed by atoms with van der Waals surface area (Å²) in [6.45, 7) is 7.73. The van der Waals surface area contributed by atoms with Gasteiger partial charge in [0.15, 0.2) is 5.76 Å². The molecule has 1 aromatic heterocycles. The number of ketones is 1. The molecule has 0 aliphatic carbocycles. The predicted octanol–water partition coefficient (Wildman–Crippen LogP) is 3.61. The fourth-order valence-electron chi connectivity index (χ4n) is 3.36. The lowest BCUT2D eigenvalue weighted by molar-refractivity contribution is 0.0876. The minimum atomic E-state index is -0.0368. The number of pyridine rings is 1. The number of aromatic nitrogens is 1. The number of carbonyl (C=O) groups is 1. The summed E-state index contributed by atoms with van der Waals surface area (Å²) in [7, 11) is 0. The van der Waals surface area contributed by atoms with Crippen LogP contribution in [0.1, 0.15) is 40.9 Å². The minimum absolute atomic E-state index is 0.0368. The van der Waals surface area contributed by atoms with Gasteiger partial charge in [-0.15, -0.1) is 0 Å². The Morgan fingerprint density at radius 3 is 2.88 bits per heavy atom. The number of Topliss-reactive ketones (excluding diaryl/α,β-unsaturated/α-hetero) is 1. The largest absolute Gasteiger partial charge is 0.477 e. The van der Waals surface area contributed by atoms with E-state index in [1.54, 1.807) is 6.20 Å². The van der Waals surface area contributed by atoms with E-state index in [-0.39, 0.29) is 5.78 Å². The maximum absolute atomic E-state index is 12.6. The van der Waals surface area contributed by atoms with Gasteiger partial charge in [0.25, 0.3) is 0 Å². The second kappa shape index (κ2) is 6.01. The van der Waals surface area contributed by atoms with Crippen LogP contribution in [0.2, 0.25) is 0 Å². The van der Waals surface area contributed by atoms with Crippen LogP contribution in [0.4, 0.5) is 0 Å². The molecule has 0 N–H and O–H groups in total. The number of carbonyl (C=O) groups excluding carboxylic acids is 1. The highest BCUT2D eigenvalue weighted by Gasteiger charge is 2.34. The Hall–Kier alpha value is -2.66. The number of hydrogen-bond donors (Lipinski definition) is 0. The van der Waals surface area contributed by atoms with E-state index in [0.717, 1.165) is 41.1 Å². The van der Waals surface area contributed by atoms with Gasteiger partial charge in [-0.1, -0.05) is 6.07 Å². The van der Waals surface area contributed by atoms with Crippen LogP contribution in [-0.2, 0) is 13.1 Å². The highest BCUT2D eigenvalue weighted by molar-refractivity contribution is 6.13. The lowest BCUT2D eigenvalue weighted by Crippen LogP contribution is -2.32. The van der Waals surface area contributed by atoms with E-state index in [1.807, 2.05) is 39.1 Å². The number of allylic oxidation sites excluding steroid dienone is 2. The molecular weight excluding hydrogens is 316 g/mol. The molecule has 0 saturated carbocycles. The van der Waals surface area contributed by atoms with E-state index in [1.165, 1.54) is 0 Å². The quantitative estimate of drug-likeness (QED) is 0.784. The van der Waals surface area contributed by atoms with E-state index in [4.69, 9.17) is 9.47 Å². The predicted molar refractivity (Wildman–Crippen MR) is 93.5 cm³/mol. The Kier molecular flexibility index (Phi) is 3.81. The fraction of sp³-hybridized carbons (Fsp3) is 0.300. The van der Waals surface area contributed by atoms with Gasteiger partial charge in [0.2, 0.25) is 5.78 Å². The van der Waals surface area contributed by atoms with Gasteiger partial charge in [-0.3, -0.25) is 14.7 Å². The molecule has 0 saturated heterocycles. The molecule has 5 heteroatoms. The molecule has 0 unspecified atom stereocenters. The van der Waals surface area contributed by atoms with Crippen molar-refractivity contribution in [2.75, 3.05) is 6.73 Å².